The van der Waals surface area contributed by atoms with Gasteiger partial charge in [-0.2, -0.15) is 0 Å². The number of benzene rings is 2. The third-order valence-corrected chi connectivity index (χ3v) is 7.22. The van der Waals surface area contributed by atoms with E-state index in [0.29, 0.717) is 0 Å². The first kappa shape index (κ1) is 19.8. The molecule has 0 amide bonds. The van der Waals surface area contributed by atoms with Gasteiger partial charge in [0.15, 0.2) is 4.34 Å². The van der Waals surface area contributed by atoms with Crippen LogP contribution in [0.1, 0.15) is 24.0 Å². The van der Waals surface area contributed by atoms with Crippen LogP contribution in [0.3, 0.4) is 0 Å². The average Bonchev–Trinajstić information content (AvgIpc) is 3.39. The zero-order valence-corrected chi connectivity index (χ0v) is 18.0. The second-order valence-corrected chi connectivity index (χ2v) is 9.44. The Morgan fingerprint density at radius 2 is 2.00 bits per heavy atom. The molecule has 0 saturated carbocycles. The summed E-state index contributed by atoms with van der Waals surface area (Å²) in [6, 6.07) is 14.6. The minimum Gasteiger partial charge on any atom is -0.492 e. The topological polar surface area (TPSA) is 25.4 Å². The van der Waals surface area contributed by atoms with E-state index >= 15 is 0 Å². The van der Waals surface area contributed by atoms with Gasteiger partial charge in [0, 0.05) is 29.4 Å². The van der Waals surface area contributed by atoms with Gasteiger partial charge >= 0.3 is 0 Å². The van der Waals surface area contributed by atoms with Gasteiger partial charge in [-0.15, -0.1) is 11.3 Å². The van der Waals surface area contributed by atoms with Crippen molar-refractivity contribution in [3.8, 4) is 5.75 Å². The summed E-state index contributed by atoms with van der Waals surface area (Å²) in [5, 5.41) is 2.75. The Kier molecular flexibility index (Phi) is 6.91. The van der Waals surface area contributed by atoms with Crippen molar-refractivity contribution < 1.29 is 4.74 Å². The number of hydrogen-bond acceptors (Lipinski definition) is 5. The van der Waals surface area contributed by atoms with E-state index in [-0.39, 0.29) is 0 Å². The van der Waals surface area contributed by atoms with E-state index in [2.05, 4.69) is 46.3 Å². The van der Waals surface area contributed by atoms with Crippen molar-refractivity contribution in [3.05, 3.63) is 70.2 Å². The van der Waals surface area contributed by atoms with Crippen LogP contribution in [0.5, 0.6) is 5.75 Å². The largest absolute Gasteiger partial charge is 0.492 e. The number of para-hydroxylation sites is 1. The normalized spacial score (nSPS) is 14.5. The number of ether oxygens (including phenoxy) is 1. The van der Waals surface area contributed by atoms with Crippen molar-refractivity contribution in [2.24, 2.45) is 0 Å². The molecular formula is C22H23ClN2OS2. The summed E-state index contributed by atoms with van der Waals surface area (Å²) in [7, 11) is 0. The standard InChI is InChI=1S/C22H23ClN2OS2/c23-19-16-17(7-8-21(19)28-22-24-9-14-27-22)15-18-5-1-2-6-20(18)26-13-12-25-10-3-4-11-25/h1-2,5-9,14,16H,3-4,10-13,15H2. The molecule has 1 fully saturated rings. The quantitative estimate of drug-likeness (QED) is 0.436. The fourth-order valence-electron chi connectivity index (χ4n) is 3.39. The van der Waals surface area contributed by atoms with Gasteiger partial charge in [0.05, 0.1) is 5.02 Å². The molecule has 1 saturated heterocycles. The lowest BCUT2D eigenvalue weighted by Crippen LogP contribution is -2.25. The van der Waals surface area contributed by atoms with E-state index in [1.165, 1.54) is 37.1 Å². The highest BCUT2D eigenvalue weighted by molar-refractivity contribution is 8.01. The van der Waals surface area contributed by atoms with Gasteiger partial charge in [-0.1, -0.05) is 47.6 Å². The predicted octanol–water partition coefficient (Wildman–Crippen LogP) is 6.01. The van der Waals surface area contributed by atoms with Crippen molar-refractivity contribution in [3.63, 3.8) is 0 Å². The van der Waals surface area contributed by atoms with Gasteiger partial charge in [0.2, 0.25) is 0 Å². The summed E-state index contributed by atoms with van der Waals surface area (Å²) in [5.41, 5.74) is 2.38. The molecule has 1 aliphatic rings. The summed E-state index contributed by atoms with van der Waals surface area (Å²) >= 11 is 9.76. The lowest BCUT2D eigenvalue weighted by atomic mass is 10.0. The molecule has 146 valence electrons. The van der Waals surface area contributed by atoms with E-state index in [4.69, 9.17) is 16.3 Å². The van der Waals surface area contributed by atoms with Crippen LogP contribution >= 0.6 is 34.7 Å². The molecule has 2 heterocycles. The highest BCUT2D eigenvalue weighted by Crippen LogP contribution is 2.35. The Morgan fingerprint density at radius 1 is 1.14 bits per heavy atom. The summed E-state index contributed by atoms with van der Waals surface area (Å²) < 4.78 is 7.12. The molecule has 6 heteroatoms. The molecule has 0 aliphatic carbocycles. The lowest BCUT2D eigenvalue weighted by Gasteiger charge is -2.16. The van der Waals surface area contributed by atoms with Gasteiger partial charge in [-0.25, -0.2) is 4.98 Å². The molecule has 3 aromatic rings. The van der Waals surface area contributed by atoms with Crippen molar-refractivity contribution in [1.29, 1.82) is 0 Å². The average molecular weight is 431 g/mol. The highest BCUT2D eigenvalue weighted by atomic mass is 35.5. The Labute approximate surface area is 179 Å². The maximum absolute atomic E-state index is 6.53. The molecule has 0 atom stereocenters. The van der Waals surface area contributed by atoms with Crippen LogP contribution in [0.4, 0.5) is 0 Å². The number of thiazole rings is 1. The van der Waals surface area contributed by atoms with Gasteiger partial charge in [0.25, 0.3) is 0 Å². The minimum absolute atomic E-state index is 0.737. The fraction of sp³-hybridized carbons (Fsp3) is 0.318. The van der Waals surface area contributed by atoms with Crippen molar-refractivity contribution >= 4 is 34.7 Å². The summed E-state index contributed by atoms with van der Waals surface area (Å²) in [6.07, 6.45) is 5.25. The van der Waals surface area contributed by atoms with Crippen molar-refractivity contribution in [2.75, 3.05) is 26.2 Å². The number of hydrogen-bond donors (Lipinski definition) is 0. The SMILES string of the molecule is Clc1cc(Cc2ccccc2OCCN2CCCC2)ccc1Sc1nccs1. The van der Waals surface area contributed by atoms with Gasteiger partial charge in [0.1, 0.15) is 12.4 Å². The van der Waals surface area contributed by atoms with E-state index in [1.807, 2.05) is 17.6 Å². The zero-order valence-electron chi connectivity index (χ0n) is 15.6. The van der Waals surface area contributed by atoms with Gasteiger partial charge in [-0.3, -0.25) is 4.90 Å². The van der Waals surface area contributed by atoms with Crippen LogP contribution < -0.4 is 4.74 Å². The molecule has 0 spiro atoms. The number of halogens is 1. The Hall–Kier alpha value is -1.53. The first-order valence-electron chi connectivity index (χ1n) is 9.57. The van der Waals surface area contributed by atoms with Crippen LogP contribution in [0.2, 0.25) is 5.02 Å². The summed E-state index contributed by atoms with van der Waals surface area (Å²) in [4.78, 5) is 7.83. The summed E-state index contributed by atoms with van der Waals surface area (Å²) in [6.45, 7) is 4.15. The molecule has 0 N–H and O–H groups in total. The summed E-state index contributed by atoms with van der Waals surface area (Å²) in [5.74, 6) is 0.971. The van der Waals surface area contributed by atoms with Gasteiger partial charge in [-0.05, 0) is 55.3 Å². The zero-order chi connectivity index (χ0) is 19.2. The number of aromatic nitrogens is 1. The molecule has 0 unspecified atom stereocenters. The van der Waals surface area contributed by atoms with Crippen LogP contribution in [0.25, 0.3) is 0 Å². The Morgan fingerprint density at radius 3 is 2.79 bits per heavy atom. The highest BCUT2D eigenvalue weighted by Gasteiger charge is 2.12. The maximum Gasteiger partial charge on any atom is 0.154 e. The molecule has 1 aromatic heterocycles. The molecule has 0 bridgehead atoms. The fourth-order valence-corrected chi connectivity index (χ4v) is 5.29. The third kappa shape index (κ3) is 5.29. The molecule has 2 aromatic carbocycles. The Bertz CT molecular complexity index is 895. The molecule has 28 heavy (non-hydrogen) atoms. The van der Waals surface area contributed by atoms with E-state index < -0.39 is 0 Å². The van der Waals surface area contributed by atoms with E-state index in [9.17, 15) is 0 Å². The second kappa shape index (κ2) is 9.79. The first-order chi connectivity index (χ1) is 13.8. The van der Waals surface area contributed by atoms with E-state index in [1.54, 1.807) is 23.1 Å². The van der Waals surface area contributed by atoms with E-state index in [0.717, 1.165) is 39.6 Å². The molecule has 3 nitrogen and oxygen atoms in total. The minimum atomic E-state index is 0.737. The number of rotatable bonds is 8. The second-order valence-electron chi connectivity index (χ2n) is 6.85. The van der Waals surface area contributed by atoms with Crippen molar-refractivity contribution in [2.45, 2.75) is 28.5 Å². The monoisotopic (exact) mass is 430 g/mol. The first-order valence-corrected chi connectivity index (χ1v) is 11.6. The van der Waals surface area contributed by atoms with Crippen molar-refractivity contribution in [1.82, 2.24) is 9.88 Å². The molecule has 0 radical (unpaired) electrons. The smallest absolute Gasteiger partial charge is 0.154 e. The third-order valence-electron chi connectivity index (χ3n) is 4.83. The van der Waals surface area contributed by atoms with Crippen LogP contribution in [-0.2, 0) is 6.42 Å². The maximum atomic E-state index is 6.53. The number of nitrogens with zero attached hydrogens (tertiary/aromatic N) is 2. The lowest BCUT2D eigenvalue weighted by molar-refractivity contribution is 0.236. The van der Waals surface area contributed by atoms with Crippen LogP contribution in [0, 0.1) is 0 Å². The Balaban J connectivity index is 1.40. The van der Waals surface area contributed by atoms with Gasteiger partial charge < -0.3 is 4.74 Å². The molecular weight excluding hydrogens is 408 g/mol. The number of likely N-dealkylation sites (tertiary alicyclic amines) is 1. The van der Waals surface area contributed by atoms with Crippen LogP contribution in [-0.4, -0.2) is 36.1 Å². The van der Waals surface area contributed by atoms with Crippen LogP contribution in [0.15, 0.2) is 63.3 Å². The molecule has 4 rings (SSSR count). The predicted molar refractivity (Wildman–Crippen MR) is 118 cm³/mol. The molecule has 1 aliphatic heterocycles.